The first-order chi connectivity index (χ1) is 36.5. The maximum absolute atomic E-state index is 14.5. The molecule has 1 unspecified atom stereocenters. The molecule has 0 aliphatic carbocycles. The third-order valence-corrected chi connectivity index (χ3v) is 13.3. The molecule has 3 aliphatic heterocycles. The Labute approximate surface area is 436 Å². The Morgan fingerprint density at radius 2 is 1.27 bits per heavy atom. The van der Waals surface area contributed by atoms with Gasteiger partial charge in [0.15, 0.2) is 12.6 Å². The van der Waals surface area contributed by atoms with Gasteiger partial charge < -0.3 is 68.0 Å². The number of carbonyl (C=O) groups excluding carboxylic acids is 1. The van der Waals surface area contributed by atoms with Gasteiger partial charge >= 0.3 is 11.9 Å². The van der Waals surface area contributed by atoms with Crippen LogP contribution in [0.1, 0.15) is 73.1 Å². The van der Waals surface area contributed by atoms with Crippen molar-refractivity contribution in [3.63, 3.8) is 0 Å². The van der Waals surface area contributed by atoms with E-state index in [9.17, 15) is 24.6 Å². The molecule has 0 aromatic heterocycles. The van der Waals surface area contributed by atoms with Gasteiger partial charge in [-0.3, -0.25) is 9.59 Å². The van der Waals surface area contributed by atoms with E-state index in [-0.39, 0.29) is 52.7 Å². The molecule has 5 aromatic carbocycles. The fraction of sp³-hybridized carbons (Fsp3) is 0.431. The lowest BCUT2D eigenvalue weighted by Crippen LogP contribution is -2.71. The summed E-state index contributed by atoms with van der Waals surface area (Å²) in [7, 11) is 0. The Morgan fingerprint density at radius 3 is 1.85 bits per heavy atom. The molecule has 5 aromatic rings. The summed E-state index contributed by atoms with van der Waals surface area (Å²) < 4.78 is 65.9. The summed E-state index contributed by atoms with van der Waals surface area (Å²) >= 11 is 0. The summed E-state index contributed by atoms with van der Waals surface area (Å²) in [6, 6.07) is 45.9. The van der Waals surface area contributed by atoms with E-state index < -0.39 is 97.5 Å². The number of hydrogen-bond acceptors (Lipinski definition) is 14. The number of unbranched alkanes of at least 4 members (excludes halogenated alkanes) is 2. The predicted molar refractivity (Wildman–Crippen MR) is 270 cm³/mol. The van der Waals surface area contributed by atoms with E-state index in [1.807, 2.05) is 152 Å². The van der Waals surface area contributed by atoms with E-state index >= 15 is 0 Å². The van der Waals surface area contributed by atoms with Gasteiger partial charge in [0.25, 0.3) is 5.79 Å². The van der Waals surface area contributed by atoms with E-state index in [1.54, 1.807) is 0 Å². The van der Waals surface area contributed by atoms with Crippen LogP contribution in [0, 0.1) is 0 Å². The molecule has 17 heteroatoms. The Morgan fingerprint density at radius 1 is 0.693 bits per heavy atom. The first-order valence-electron chi connectivity index (χ1n) is 25.5. The first-order valence-corrected chi connectivity index (χ1v) is 25.5. The highest BCUT2D eigenvalue weighted by Gasteiger charge is 2.61. The standard InChI is InChI=1S/C58H67NO16/c1-39(60)59-49-45(68-34-41-22-10-3-11-23-41)32-58(57(64)65,75-54-50(63)56(67-31-19-7-18-30-48(61)62)72-47-38-71-55(73-52(47)54)44-28-16-6-17-29-44)74-53(49)51(70-36-43-26-14-5-15-27-43)46(69-35-42-24-12-4-13-25-42)37-66-33-40-20-8-2-9-21-40/h2-6,8-17,20-29,45-47,49-56,63H,7,18-19,30-38H2,1H3,(H,59,60)(H,61,62)(H,64,65)/t45-,46+,47+,49+,50+,51+,52-,53+,54+,55?,56+,58-/m0/s1. The zero-order valence-electron chi connectivity index (χ0n) is 41.9. The molecular weight excluding hydrogens is 967 g/mol. The molecule has 75 heavy (non-hydrogen) atoms. The SMILES string of the molecule is CC(=O)N[C@H]1[C@H]([C@H](OCc2ccccc2)[C@@H](COCc2ccccc2)OCc2ccccc2)O[C@@](O[C@@H]2[C@@H](O)[C@H](OCCCCCC(=O)O)O[C@@H]3COC(c4ccccc4)O[C@H]23)(C(=O)O)C[C@@H]1OCc1ccccc1. The fourth-order valence-electron chi connectivity index (χ4n) is 9.48. The highest BCUT2D eigenvalue weighted by molar-refractivity contribution is 5.76. The number of aliphatic carboxylic acids is 2. The van der Waals surface area contributed by atoms with Gasteiger partial charge in [-0.25, -0.2) is 4.79 Å². The molecule has 3 fully saturated rings. The third kappa shape index (κ3) is 15.6. The molecule has 0 spiro atoms. The molecular formula is C58H67NO16. The molecule has 0 saturated carbocycles. The number of aliphatic hydroxyl groups excluding tert-OH is 1. The second kappa shape index (κ2) is 27.7. The van der Waals surface area contributed by atoms with Crippen LogP contribution in [0.5, 0.6) is 0 Å². The predicted octanol–water partition coefficient (Wildman–Crippen LogP) is 7.28. The van der Waals surface area contributed by atoms with E-state index in [2.05, 4.69) is 5.32 Å². The molecule has 8 rings (SSSR count). The van der Waals surface area contributed by atoms with Crippen LogP contribution in [0.4, 0.5) is 0 Å². The van der Waals surface area contributed by atoms with Gasteiger partial charge in [0.05, 0.1) is 51.8 Å². The van der Waals surface area contributed by atoms with Crippen molar-refractivity contribution in [1.29, 1.82) is 0 Å². The summed E-state index contributed by atoms with van der Waals surface area (Å²) in [5.41, 5.74) is 3.96. The van der Waals surface area contributed by atoms with E-state index in [0.29, 0.717) is 24.8 Å². The fourth-order valence-corrected chi connectivity index (χ4v) is 9.48. The molecule has 3 heterocycles. The van der Waals surface area contributed by atoms with Gasteiger partial charge in [-0.1, -0.05) is 158 Å². The largest absolute Gasteiger partial charge is 0.481 e. The Hall–Kier alpha value is -5.93. The number of fused-ring (bicyclic) bond motifs is 1. The molecule has 3 aliphatic rings. The highest BCUT2D eigenvalue weighted by Crippen LogP contribution is 2.42. The van der Waals surface area contributed by atoms with Crippen LogP contribution in [0.3, 0.4) is 0 Å². The summed E-state index contributed by atoms with van der Waals surface area (Å²) in [5.74, 6) is -5.58. The van der Waals surface area contributed by atoms with Crippen LogP contribution in [-0.2, 0) is 88.2 Å². The second-order valence-corrected chi connectivity index (χ2v) is 18.9. The molecule has 0 radical (unpaired) electrons. The van der Waals surface area contributed by atoms with Crippen LogP contribution >= 0.6 is 0 Å². The van der Waals surface area contributed by atoms with Crippen molar-refractivity contribution >= 4 is 17.8 Å². The molecule has 17 nitrogen and oxygen atoms in total. The second-order valence-electron chi connectivity index (χ2n) is 18.9. The topological polar surface area (TPSA) is 216 Å². The molecule has 12 atom stereocenters. The number of hydrogen-bond donors (Lipinski definition) is 4. The first kappa shape index (κ1) is 55.3. The van der Waals surface area contributed by atoms with E-state index in [1.165, 1.54) is 6.92 Å². The van der Waals surface area contributed by atoms with Crippen molar-refractivity contribution in [2.75, 3.05) is 19.8 Å². The van der Waals surface area contributed by atoms with Crippen molar-refractivity contribution in [2.24, 2.45) is 0 Å². The molecule has 4 N–H and O–H groups in total. The lowest BCUT2D eigenvalue weighted by Gasteiger charge is -2.53. The van der Waals surface area contributed by atoms with Crippen LogP contribution in [0.15, 0.2) is 152 Å². The maximum Gasteiger partial charge on any atom is 0.364 e. The summed E-state index contributed by atoms with van der Waals surface area (Å²) in [6.45, 7) is 1.60. The Bertz CT molecular complexity index is 2490. The third-order valence-electron chi connectivity index (χ3n) is 13.3. The highest BCUT2D eigenvalue weighted by atomic mass is 16.8. The summed E-state index contributed by atoms with van der Waals surface area (Å²) in [4.78, 5) is 39.1. The van der Waals surface area contributed by atoms with Gasteiger partial charge in [0, 0.05) is 31.9 Å². The molecule has 0 bridgehead atoms. The summed E-state index contributed by atoms with van der Waals surface area (Å²) in [5, 5.41) is 36.3. The average Bonchev–Trinajstić information content (AvgIpc) is 3.43. The van der Waals surface area contributed by atoms with Crippen LogP contribution in [0.25, 0.3) is 0 Å². The number of carboxylic acids is 2. The quantitative estimate of drug-likeness (QED) is 0.0380. The summed E-state index contributed by atoms with van der Waals surface area (Å²) in [6.07, 6.45) is -11.5. The van der Waals surface area contributed by atoms with Crippen LogP contribution in [-0.4, -0.2) is 120 Å². The maximum atomic E-state index is 14.5. The monoisotopic (exact) mass is 1030 g/mol. The normalized spacial score (nSPS) is 26.3. The van der Waals surface area contributed by atoms with Crippen LogP contribution < -0.4 is 5.32 Å². The average molecular weight is 1030 g/mol. The number of nitrogens with one attached hydrogen (secondary N) is 1. The lowest BCUT2D eigenvalue weighted by atomic mass is 9.87. The van der Waals surface area contributed by atoms with E-state index in [4.69, 9.17) is 52.5 Å². The lowest BCUT2D eigenvalue weighted by molar-refractivity contribution is -0.400. The number of rotatable bonds is 27. The number of amides is 1. The Balaban J connectivity index is 1.20. The Kier molecular flexibility index (Phi) is 20.5. The smallest absolute Gasteiger partial charge is 0.364 e. The number of carboxylic acid groups (broad SMARTS) is 2. The van der Waals surface area contributed by atoms with Crippen LogP contribution in [0.2, 0.25) is 0 Å². The van der Waals surface area contributed by atoms with E-state index in [0.717, 1.165) is 22.3 Å². The van der Waals surface area contributed by atoms with Gasteiger partial charge in [-0.05, 0) is 35.1 Å². The minimum absolute atomic E-state index is 0.000149. The zero-order valence-corrected chi connectivity index (χ0v) is 41.9. The van der Waals surface area contributed by atoms with Crippen molar-refractivity contribution in [2.45, 2.75) is 139 Å². The van der Waals surface area contributed by atoms with Gasteiger partial charge in [-0.2, -0.15) is 0 Å². The number of aliphatic hydroxyl groups is 1. The minimum atomic E-state index is -2.65. The minimum Gasteiger partial charge on any atom is -0.481 e. The zero-order chi connectivity index (χ0) is 52.4. The van der Waals surface area contributed by atoms with Gasteiger partial charge in [0.2, 0.25) is 5.91 Å². The van der Waals surface area contributed by atoms with Crippen molar-refractivity contribution < 1.29 is 77.1 Å². The van der Waals surface area contributed by atoms with Crippen molar-refractivity contribution in [1.82, 2.24) is 5.32 Å². The number of carbonyl (C=O) groups is 3. The van der Waals surface area contributed by atoms with Gasteiger partial charge in [-0.15, -0.1) is 0 Å². The number of ether oxygens (including phenoxy) is 10. The van der Waals surface area contributed by atoms with Crippen molar-refractivity contribution in [3.8, 4) is 0 Å². The van der Waals surface area contributed by atoms with Crippen molar-refractivity contribution in [3.05, 3.63) is 179 Å². The molecule has 3 saturated heterocycles. The molecule has 1 amide bonds. The number of benzene rings is 5. The molecule has 400 valence electrons. The van der Waals surface area contributed by atoms with Gasteiger partial charge in [0.1, 0.15) is 42.7 Å².